The molecular formula is C17H18BrClO2. The van der Waals surface area contributed by atoms with Crippen molar-refractivity contribution in [3.05, 3.63) is 61.6 Å². The van der Waals surface area contributed by atoms with Crippen molar-refractivity contribution >= 4 is 27.5 Å². The molecule has 2 aromatic carbocycles. The highest BCUT2D eigenvalue weighted by molar-refractivity contribution is 9.10. The highest BCUT2D eigenvalue weighted by Crippen LogP contribution is 2.39. The van der Waals surface area contributed by atoms with Crippen molar-refractivity contribution in [1.82, 2.24) is 0 Å². The molecule has 0 amide bonds. The number of aryl methyl sites for hydroxylation is 2. The second-order valence-electron chi connectivity index (χ2n) is 5.15. The SMILES string of the molecule is COc1c(C)cc(Br)c(C)c1C(O)c1ccc(Cl)cc1C. The number of benzene rings is 2. The Labute approximate surface area is 138 Å². The molecule has 0 aliphatic carbocycles. The van der Waals surface area contributed by atoms with Gasteiger partial charge in [-0.15, -0.1) is 0 Å². The van der Waals surface area contributed by atoms with Crippen LogP contribution in [0.2, 0.25) is 5.02 Å². The third-order valence-corrected chi connectivity index (χ3v) is 4.77. The van der Waals surface area contributed by atoms with Gasteiger partial charge in [-0.25, -0.2) is 0 Å². The number of aliphatic hydroxyl groups excluding tert-OH is 1. The number of aliphatic hydroxyl groups is 1. The summed E-state index contributed by atoms with van der Waals surface area (Å²) < 4.78 is 6.47. The van der Waals surface area contributed by atoms with Gasteiger partial charge in [0.15, 0.2) is 0 Å². The van der Waals surface area contributed by atoms with Gasteiger partial charge in [0, 0.05) is 15.1 Å². The van der Waals surface area contributed by atoms with Crippen LogP contribution in [0.5, 0.6) is 5.75 Å². The first-order valence-corrected chi connectivity index (χ1v) is 7.81. The lowest BCUT2D eigenvalue weighted by Gasteiger charge is -2.22. The van der Waals surface area contributed by atoms with Crippen LogP contribution in [0.4, 0.5) is 0 Å². The average Bonchev–Trinajstić information content (AvgIpc) is 2.41. The number of hydrogen-bond donors (Lipinski definition) is 1. The van der Waals surface area contributed by atoms with E-state index in [4.69, 9.17) is 16.3 Å². The third kappa shape index (κ3) is 3.10. The maximum absolute atomic E-state index is 10.9. The van der Waals surface area contributed by atoms with E-state index in [2.05, 4.69) is 15.9 Å². The van der Waals surface area contributed by atoms with Crippen molar-refractivity contribution < 1.29 is 9.84 Å². The molecule has 0 bridgehead atoms. The van der Waals surface area contributed by atoms with Gasteiger partial charge in [-0.1, -0.05) is 33.6 Å². The zero-order chi connectivity index (χ0) is 15.7. The lowest BCUT2D eigenvalue weighted by atomic mass is 9.92. The standard InChI is InChI=1S/C17H18BrClO2/c1-9-7-12(19)5-6-13(9)16(20)15-11(3)14(18)8-10(2)17(15)21-4/h5-8,16,20H,1-4H3. The van der Waals surface area contributed by atoms with Crippen LogP contribution in [0, 0.1) is 20.8 Å². The second-order valence-corrected chi connectivity index (χ2v) is 6.44. The van der Waals surface area contributed by atoms with Crippen LogP contribution in [0.3, 0.4) is 0 Å². The Hall–Kier alpha value is -1.03. The van der Waals surface area contributed by atoms with Gasteiger partial charge in [-0.2, -0.15) is 0 Å². The molecule has 2 aromatic rings. The van der Waals surface area contributed by atoms with Crippen molar-refractivity contribution in [3.8, 4) is 5.75 Å². The number of ether oxygens (including phenoxy) is 1. The largest absolute Gasteiger partial charge is 0.496 e. The summed E-state index contributed by atoms with van der Waals surface area (Å²) in [5, 5.41) is 11.5. The number of hydrogen-bond acceptors (Lipinski definition) is 2. The Morgan fingerprint density at radius 2 is 1.81 bits per heavy atom. The van der Waals surface area contributed by atoms with Crippen molar-refractivity contribution in [2.45, 2.75) is 26.9 Å². The predicted octanol–water partition coefficient (Wildman–Crippen LogP) is 5.12. The molecule has 0 saturated carbocycles. The van der Waals surface area contributed by atoms with Crippen LogP contribution in [0.25, 0.3) is 0 Å². The third-order valence-electron chi connectivity index (χ3n) is 3.71. The van der Waals surface area contributed by atoms with Crippen LogP contribution < -0.4 is 4.74 Å². The van der Waals surface area contributed by atoms with E-state index in [1.165, 1.54) is 0 Å². The second kappa shape index (κ2) is 6.39. The molecule has 0 saturated heterocycles. The van der Waals surface area contributed by atoms with Gasteiger partial charge in [0.2, 0.25) is 0 Å². The van der Waals surface area contributed by atoms with Crippen LogP contribution in [0.15, 0.2) is 28.7 Å². The van der Waals surface area contributed by atoms with E-state index in [-0.39, 0.29) is 0 Å². The molecule has 0 heterocycles. The molecule has 0 fully saturated rings. The molecule has 2 rings (SSSR count). The van der Waals surface area contributed by atoms with Crippen molar-refractivity contribution in [2.24, 2.45) is 0 Å². The predicted molar refractivity (Wildman–Crippen MR) is 90.4 cm³/mol. The lowest BCUT2D eigenvalue weighted by molar-refractivity contribution is 0.213. The lowest BCUT2D eigenvalue weighted by Crippen LogP contribution is -2.08. The zero-order valence-corrected chi connectivity index (χ0v) is 14.8. The van der Waals surface area contributed by atoms with E-state index in [0.717, 1.165) is 38.0 Å². The quantitative estimate of drug-likeness (QED) is 0.814. The monoisotopic (exact) mass is 368 g/mol. The maximum Gasteiger partial charge on any atom is 0.128 e. The van der Waals surface area contributed by atoms with Gasteiger partial charge in [0.25, 0.3) is 0 Å². The first-order chi connectivity index (χ1) is 9.86. The fourth-order valence-electron chi connectivity index (χ4n) is 2.58. The molecule has 0 aliphatic heterocycles. The molecular weight excluding hydrogens is 352 g/mol. The summed E-state index contributed by atoms with van der Waals surface area (Å²) in [4.78, 5) is 0. The number of methoxy groups -OCH3 is 1. The summed E-state index contributed by atoms with van der Waals surface area (Å²) in [5.41, 5.74) is 4.53. The first kappa shape index (κ1) is 16.3. The van der Waals surface area contributed by atoms with E-state index in [1.807, 2.05) is 39.0 Å². The molecule has 112 valence electrons. The molecule has 0 aromatic heterocycles. The van der Waals surface area contributed by atoms with Crippen LogP contribution >= 0.6 is 27.5 Å². The molecule has 0 spiro atoms. The molecule has 2 nitrogen and oxygen atoms in total. The minimum Gasteiger partial charge on any atom is -0.496 e. The molecule has 1 N–H and O–H groups in total. The molecule has 4 heteroatoms. The molecule has 0 aliphatic rings. The zero-order valence-electron chi connectivity index (χ0n) is 12.5. The van der Waals surface area contributed by atoms with Gasteiger partial charge in [-0.05, 0) is 61.2 Å². The highest BCUT2D eigenvalue weighted by atomic mass is 79.9. The fraction of sp³-hybridized carbons (Fsp3) is 0.294. The Morgan fingerprint density at radius 3 is 2.38 bits per heavy atom. The Balaban J connectivity index is 2.65. The van der Waals surface area contributed by atoms with E-state index >= 15 is 0 Å². The smallest absolute Gasteiger partial charge is 0.128 e. The summed E-state index contributed by atoms with van der Waals surface area (Å²) in [6.45, 7) is 5.88. The molecule has 0 radical (unpaired) electrons. The van der Waals surface area contributed by atoms with Gasteiger partial charge >= 0.3 is 0 Å². The maximum atomic E-state index is 10.9. The van der Waals surface area contributed by atoms with Crippen molar-refractivity contribution in [1.29, 1.82) is 0 Å². The number of halogens is 2. The fourth-order valence-corrected chi connectivity index (χ4v) is 3.36. The average molecular weight is 370 g/mol. The number of rotatable bonds is 3. The van der Waals surface area contributed by atoms with E-state index < -0.39 is 6.10 Å². The molecule has 21 heavy (non-hydrogen) atoms. The minimum absolute atomic E-state index is 0.664. The Kier molecular flexibility index (Phi) is 4.97. The van der Waals surface area contributed by atoms with Gasteiger partial charge in [0.1, 0.15) is 11.9 Å². The van der Waals surface area contributed by atoms with Gasteiger partial charge < -0.3 is 9.84 Å². The summed E-state index contributed by atoms with van der Waals surface area (Å²) in [6, 6.07) is 7.50. The summed E-state index contributed by atoms with van der Waals surface area (Å²) >= 11 is 9.54. The van der Waals surface area contributed by atoms with Gasteiger partial charge in [0.05, 0.1) is 7.11 Å². The Bertz CT molecular complexity index is 683. The topological polar surface area (TPSA) is 29.5 Å². The van der Waals surface area contributed by atoms with E-state index in [9.17, 15) is 5.11 Å². The first-order valence-electron chi connectivity index (χ1n) is 6.64. The van der Waals surface area contributed by atoms with Crippen LogP contribution in [0.1, 0.15) is 33.9 Å². The van der Waals surface area contributed by atoms with Crippen LogP contribution in [-0.4, -0.2) is 12.2 Å². The van der Waals surface area contributed by atoms with Gasteiger partial charge in [-0.3, -0.25) is 0 Å². The van der Waals surface area contributed by atoms with Crippen LogP contribution in [-0.2, 0) is 0 Å². The minimum atomic E-state index is -0.756. The summed E-state index contributed by atoms with van der Waals surface area (Å²) in [5.74, 6) is 0.720. The van der Waals surface area contributed by atoms with Crippen molar-refractivity contribution in [2.75, 3.05) is 7.11 Å². The summed E-state index contributed by atoms with van der Waals surface area (Å²) in [6.07, 6.45) is -0.756. The highest BCUT2D eigenvalue weighted by Gasteiger charge is 2.22. The summed E-state index contributed by atoms with van der Waals surface area (Å²) in [7, 11) is 1.63. The molecule has 1 atom stereocenters. The molecule has 1 unspecified atom stereocenters. The normalized spacial score (nSPS) is 12.3. The van der Waals surface area contributed by atoms with Crippen molar-refractivity contribution in [3.63, 3.8) is 0 Å². The van der Waals surface area contributed by atoms with E-state index in [0.29, 0.717) is 5.02 Å². The van der Waals surface area contributed by atoms with E-state index in [1.54, 1.807) is 13.2 Å². The Morgan fingerprint density at radius 1 is 1.14 bits per heavy atom.